The maximum absolute atomic E-state index is 12.6. The van der Waals surface area contributed by atoms with Crippen LogP contribution in [-0.4, -0.2) is 23.8 Å². The number of carbonyl (C=O) groups is 3. The van der Waals surface area contributed by atoms with E-state index in [2.05, 4.69) is 5.32 Å². The number of aliphatic carboxylic acids is 1. The Bertz CT molecular complexity index is 883. The molecule has 1 aliphatic heterocycles. The molecule has 1 fully saturated rings. The van der Waals surface area contributed by atoms with Crippen molar-refractivity contribution < 1.29 is 19.5 Å². The first-order chi connectivity index (χ1) is 12.3. The summed E-state index contributed by atoms with van der Waals surface area (Å²) in [6.45, 7) is 0. The zero-order valence-electron chi connectivity index (χ0n) is 13.4. The molecule has 8 heteroatoms. The molecule has 1 saturated heterocycles. The molecule has 6 nitrogen and oxygen atoms in total. The number of imide groups is 1. The van der Waals surface area contributed by atoms with Crippen molar-refractivity contribution in [2.24, 2.45) is 0 Å². The molecule has 0 aliphatic carbocycles. The fraction of sp³-hybridized carbons (Fsp3) is 0.167. The number of hydrogen-bond donors (Lipinski definition) is 1. The third-order valence-electron chi connectivity index (χ3n) is 3.95. The zero-order valence-corrected chi connectivity index (χ0v) is 14.9. The minimum Gasteiger partial charge on any atom is -0.550 e. The lowest BCUT2D eigenvalue weighted by atomic mass is 10.1. The van der Waals surface area contributed by atoms with Gasteiger partial charge < -0.3 is 15.2 Å². The minimum atomic E-state index is -1.17. The first-order valence-corrected chi connectivity index (χ1v) is 8.48. The van der Waals surface area contributed by atoms with Gasteiger partial charge in [0.05, 0.1) is 22.2 Å². The number of amides is 2. The maximum Gasteiger partial charge on any atom is 0.256 e. The smallest absolute Gasteiger partial charge is 0.256 e. The van der Waals surface area contributed by atoms with Crippen molar-refractivity contribution in [1.29, 1.82) is 0 Å². The topological polar surface area (TPSA) is 89.5 Å². The molecule has 0 aromatic heterocycles. The molecule has 1 heterocycles. The number of benzene rings is 2. The van der Waals surface area contributed by atoms with Gasteiger partial charge in [0, 0.05) is 18.1 Å². The standard InChI is InChI=1S/C18H14Cl2N2O4/c19-13-6-5-12(8-14(13)20)22-16(23)9-15(18(22)26)21-11-3-1-10(2-4-11)7-17(24)25/h1-6,8,15,21H,7,9H2,(H,24,25)/p-1/t15-/m0/s1. The van der Waals surface area contributed by atoms with E-state index in [4.69, 9.17) is 23.2 Å². The fourth-order valence-corrected chi connectivity index (χ4v) is 3.02. The lowest BCUT2D eigenvalue weighted by molar-refractivity contribution is -0.304. The highest BCUT2D eigenvalue weighted by molar-refractivity contribution is 6.42. The first-order valence-electron chi connectivity index (χ1n) is 7.72. The van der Waals surface area contributed by atoms with E-state index < -0.39 is 17.9 Å². The van der Waals surface area contributed by atoms with Gasteiger partial charge in [0.15, 0.2) is 0 Å². The molecule has 26 heavy (non-hydrogen) atoms. The molecular formula is C18H13Cl2N2O4-. The number of carboxylic acids is 1. The molecule has 1 N–H and O–H groups in total. The molecule has 0 radical (unpaired) electrons. The highest BCUT2D eigenvalue weighted by Gasteiger charge is 2.39. The highest BCUT2D eigenvalue weighted by Crippen LogP contribution is 2.30. The second kappa shape index (κ2) is 7.35. The molecule has 3 rings (SSSR count). The van der Waals surface area contributed by atoms with Crippen molar-refractivity contribution >= 4 is 52.4 Å². The highest BCUT2D eigenvalue weighted by atomic mass is 35.5. The van der Waals surface area contributed by atoms with Crippen molar-refractivity contribution in [3.8, 4) is 0 Å². The minimum absolute atomic E-state index is 0.000123. The molecule has 2 aromatic rings. The van der Waals surface area contributed by atoms with E-state index in [0.29, 0.717) is 22.0 Å². The van der Waals surface area contributed by atoms with Crippen LogP contribution < -0.4 is 15.3 Å². The molecule has 1 atom stereocenters. The van der Waals surface area contributed by atoms with Gasteiger partial charge >= 0.3 is 0 Å². The van der Waals surface area contributed by atoms with Gasteiger partial charge in [-0.15, -0.1) is 0 Å². The summed E-state index contributed by atoms with van der Waals surface area (Å²) < 4.78 is 0. The van der Waals surface area contributed by atoms with Crippen LogP contribution in [0.5, 0.6) is 0 Å². The van der Waals surface area contributed by atoms with Gasteiger partial charge in [-0.05, 0) is 35.9 Å². The molecule has 0 unspecified atom stereocenters. The summed E-state index contributed by atoms with van der Waals surface area (Å²) in [5.41, 5.74) is 1.55. The second-order valence-corrected chi connectivity index (χ2v) is 6.63. The van der Waals surface area contributed by atoms with Crippen LogP contribution in [0.2, 0.25) is 10.0 Å². The van der Waals surface area contributed by atoms with Crippen LogP contribution in [0.25, 0.3) is 0 Å². The third kappa shape index (κ3) is 3.81. The van der Waals surface area contributed by atoms with E-state index in [0.717, 1.165) is 4.90 Å². The van der Waals surface area contributed by atoms with Crippen LogP contribution in [0.4, 0.5) is 11.4 Å². The van der Waals surface area contributed by atoms with Gasteiger partial charge in [-0.3, -0.25) is 9.59 Å². The van der Waals surface area contributed by atoms with Crippen molar-refractivity contribution in [2.75, 3.05) is 10.2 Å². The van der Waals surface area contributed by atoms with Crippen molar-refractivity contribution in [1.82, 2.24) is 0 Å². The Kier molecular flexibility index (Phi) is 5.15. The van der Waals surface area contributed by atoms with Gasteiger partial charge in [0.25, 0.3) is 5.91 Å². The molecule has 0 saturated carbocycles. The predicted octanol–water partition coefficient (Wildman–Crippen LogP) is 2.03. The van der Waals surface area contributed by atoms with Crippen molar-refractivity contribution in [3.05, 3.63) is 58.1 Å². The van der Waals surface area contributed by atoms with Gasteiger partial charge in [0.2, 0.25) is 5.91 Å². The lowest BCUT2D eigenvalue weighted by Gasteiger charge is -2.17. The molecular weight excluding hydrogens is 379 g/mol. The monoisotopic (exact) mass is 391 g/mol. The largest absolute Gasteiger partial charge is 0.550 e. The van der Waals surface area contributed by atoms with Crippen molar-refractivity contribution in [3.63, 3.8) is 0 Å². The quantitative estimate of drug-likeness (QED) is 0.787. The van der Waals surface area contributed by atoms with E-state index >= 15 is 0 Å². The summed E-state index contributed by atoms with van der Waals surface area (Å²) in [4.78, 5) is 36.6. The lowest BCUT2D eigenvalue weighted by Crippen LogP contribution is -2.34. The van der Waals surface area contributed by atoms with E-state index in [1.807, 2.05) is 0 Å². The Balaban J connectivity index is 1.74. The average Bonchev–Trinajstić information content (AvgIpc) is 2.85. The van der Waals surface area contributed by atoms with Crippen LogP contribution in [0.1, 0.15) is 12.0 Å². The Morgan fingerprint density at radius 2 is 1.81 bits per heavy atom. The number of halogens is 2. The summed E-state index contributed by atoms with van der Waals surface area (Å²) in [5.74, 6) is -1.91. The van der Waals surface area contributed by atoms with Crippen molar-refractivity contribution in [2.45, 2.75) is 18.9 Å². The number of rotatable bonds is 5. The van der Waals surface area contributed by atoms with Crippen LogP contribution in [0.15, 0.2) is 42.5 Å². The number of nitrogens with zero attached hydrogens (tertiary/aromatic N) is 1. The van der Waals surface area contributed by atoms with Gasteiger partial charge in [-0.25, -0.2) is 4.90 Å². The van der Waals surface area contributed by atoms with Crippen LogP contribution in [0.3, 0.4) is 0 Å². The van der Waals surface area contributed by atoms with Crippen LogP contribution in [-0.2, 0) is 20.8 Å². The van der Waals surface area contributed by atoms with E-state index in [1.54, 1.807) is 30.3 Å². The molecule has 2 aromatic carbocycles. The molecule has 134 valence electrons. The van der Waals surface area contributed by atoms with E-state index in [1.165, 1.54) is 12.1 Å². The normalized spacial score (nSPS) is 16.8. The number of carboxylic acid groups (broad SMARTS) is 1. The number of hydrogen-bond acceptors (Lipinski definition) is 5. The Hall–Kier alpha value is -2.57. The number of nitrogens with one attached hydrogen (secondary N) is 1. The predicted molar refractivity (Wildman–Crippen MR) is 96.1 cm³/mol. The summed E-state index contributed by atoms with van der Waals surface area (Å²) in [7, 11) is 0. The zero-order chi connectivity index (χ0) is 18.8. The second-order valence-electron chi connectivity index (χ2n) is 5.81. The number of carbonyl (C=O) groups excluding carboxylic acids is 3. The fourth-order valence-electron chi connectivity index (χ4n) is 2.73. The molecule has 2 amide bonds. The van der Waals surface area contributed by atoms with E-state index in [9.17, 15) is 19.5 Å². The van der Waals surface area contributed by atoms with Gasteiger partial charge in [-0.2, -0.15) is 0 Å². The number of anilines is 2. The maximum atomic E-state index is 12.6. The summed E-state index contributed by atoms with van der Waals surface area (Å²) in [6, 6.07) is 10.4. The van der Waals surface area contributed by atoms with Crippen LogP contribution in [0, 0.1) is 0 Å². The Labute approximate surface area is 159 Å². The molecule has 1 aliphatic rings. The molecule has 0 spiro atoms. The van der Waals surface area contributed by atoms with Crippen LogP contribution >= 0.6 is 23.2 Å². The Morgan fingerprint density at radius 3 is 2.42 bits per heavy atom. The first kappa shape index (κ1) is 18.2. The summed E-state index contributed by atoms with van der Waals surface area (Å²) >= 11 is 11.8. The third-order valence-corrected chi connectivity index (χ3v) is 4.69. The average molecular weight is 392 g/mol. The van der Waals surface area contributed by atoms with E-state index in [-0.39, 0.29) is 23.8 Å². The van der Waals surface area contributed by atoms with Gasteiger partial charge in [0.1, 0.15) is 6.04 Å². The SMILES string of the molecule is O=C([O-])Cc1ccc(N[C@H]2CC(=O)N(c3ccc(Cl)c(Cl)c3)C2=O)cc1. The van der Waals surface area contributed by atoms with Gasteiger partial charge in [-0.1, -0.05) is 35.3 Å². The molecule has 0 bridgehead atoms. The summed E-state index contributed by atoms with van der Waals surface area (Å²) in [5, 5.41) is 14.2. The Morgan fingerprint density at radius 1 is 1.12 bits per heavy atom. The summed E-state index contributed by atoms with van der Waals surface area (Å²) in [6.07, 6.45) is -0.188.